The van der Waals surface area contributed by atoms with E-state index in [-0.39, 0.29) is 0 Å². The summed E-state index contributed by atoms with van der Waals surface area (Å²) in [6, 6.07) is 0. The maximum absolute atomic E-state index is 2.90. The van der Waals surface area contributed by atoms with E-state index in [1.807, 2.05) is 0 Å². The van der Waals surface area contributed by atoms with Gasteiger partial charge in [-0.2, -0.15) is 0 Å². The highest BCUT2D eigenvalue weighted by Gasteiger charge is 2.24. The average molecular weight is 369 g/mol. The molecular formula is C22H48N2Si. The van der Waals surface area contributed by atoms with Crippen LogP contribution in [0, 0.1) is 0 Å². The number of hydrogen-bond acceptors (Lipinski definition) is 2. The van der Waals surface area contributed by atoms with E-state index < -0.39 is 9.12 Å². The Hall–Kier alpha value is -0.123. The van der Waals surface area contributed by atoms with Crippen molar-refractivity contribution in [1.29, 1.82) is 0 Å². The van der Waals surface area contributed by atoms with Gasteiger partial charge < -0.3 is 9.13 Å². The zero-order valence-electron chi connectivity index (χ0n) is 18.2. The lowest BCUT2D eigenvalue weighted by atomic mass is 10.2. The number of hydrogen-bond donors (Lipinski definition) is 0. The topological polar surface area (TPSA) is 6.48 Å². The van der Waals surface area contributed by atoms with Gasteiger partial charge in [0.2, 0.25) is 9.12 Å². The molecule has 0 rings (SSSR count). The van der Waals surface area contributed by atoms with Crippen LogP contribution in [0.15, 0.2) is 11.8 Å². The van der Waals surface area contributed by atoms with Crippen LogP contribution in [0.1, 0.15) is 105 Å². The standard InChI is InChI=1S/C22H48N2Si/c1-6-11-16-17-22-25(23(18-12-7-2)19-13-8-3)24(20-14-9-4)21-15-10-5/h17,22,25H,6-16,18-21H2,1-5H3. The molecule has 0 amide bonds. The number of unbranched alkanes of at least 4 members (excludes halogenated alkanes) is 6. The average Bonchev–Trinajstić information content (AvgIpc) is 2.63. The van der Waals surface area contributed by atoms with Crippen LogP contribution < -0.4 is 0 Å². The maximum Gasteiger partial charge on any atom is 0.215 e. The molecule has 0 N–H and O–H groups in total. The van der Waals surface area contributed by atoms with Gasteiger partial charge in [0.1, 0.15) is 0 Å². The molecule has 0 bridgehead atoms. The molecule has 0 heterocycles. The molecule has 0 spiro atoms. The van der Waals surface area contributed by atoms with Gasteiger partial charge in [0.15, 0.2) is 0 Å². The Kier molecular flexibility index (Phi) is 18.6. The van der Waals surface area contributed by atoms with E-state index in [9.17, 15) is 0 Å². The Balaban J connectivity index is 5.18. The summed E-state index contributed by atoms with van der Waals surface area (Å²) in [5.74, 6) is 0. The van der Waals surface area contributed by atoms with Crippen LogP contribution in [-0.4, -0.2) is 44.4 Å². The van der Waals surface area contributed by atoms with Gasteiger partial charge in [-0.05, 0) is 58.3 Å². The third-order valence-corrected chi connectivity index (χ3v) is 8.12. The molecule has 0 aromatic heterocycles. The van der Waals surface area contributed by atoms with Gasteiger partial charge in [-0.25, -0.2) is 0 Å². The van der Waals surface area contributed by atoms with Crippen molar-refractivity contribution in [3.05, 3.63) is 11.8 Å². The molecule has 0 aromatic rings. The number of rotatable bonds is 18. The molecular weight excluding hydrogens is 320 g/mol. The Morgan fingerprint density at radius 2 is 0.920 bits per heavy atom. The first-order valence-electron chi connectivity index (χ1n) is 11.4. The summed E-state index contributed by atoms with van der Waals surface area (Å²) < 4.78 is 5.81. The minimum atomic E-state index is -1.15. The molecule has 3 heteroatoms. The van der Waals surface area contributed by atoms with Crippen molar-refractivity contribution in [1.82, 2.24) is 9.13 Å². The molecule has 0 aliphatic heterocycles. The molecule has 2 nitrogen and oxygen atoms in total. The molecule has 0 aliphatic carbocycles. The van der Waals surface area contributed by atoms with Crippen LogP contribution in [0.4, 0.5) is 0 Å². The van der Waals surface area contributed by atoms with Gasteiger partial charge in [0, 0.05) is 0 Å². The first-order chi connectivity index (χ1) is 12.2. The van der Waals surface area contributed by atoms with Crippen LogP contribution in [-0.2, 0) is 0 Å². The molecule has 0 aromatic carbocycles. The second kappa shape index (κ2) is 18.7. The third-order valence-electron chi connectivity index (χ3n) is 4.98. The van der Waals surface area contributed by atoms with Gasteiger partial charge in [-0.1, -0.05) is 84.9 Å². The number of nitrogens with zero attached hydrogens (tertiary/aromatic N) is 2. The van der Waals surface area contributed by atoms with Crippen LogP contribution >= 0.6 is 0 Å². The highest BCUT2D eigenvalue weighted by molar-refractivity contribution is 6.58. The largest absolute Gasteiger partial charge is 0.311 e. The van der Waals surface area contributed by atoms with Crippen molar-refractivity contribution >= 4 is 9.12 Å². The van der Waals surface area contributed by atoms with Crippen LogP contribution in [0.2, 0.25) is 0 Å². The maximum atomic E-state index is 2.90. The summed E-state index contributed by atoms with van der Waals surface area (Å²) >= 11 is 0. The molecule has 0 radical (unpaired) electrons. The molecule has 0 fully saturated rings. The fraction of sp³-hybridized carbons (Fsp3) is 0.909. The normalized spacial score (nSPS) is 12.3. The van der Waals surface area contributed by atoms with Gasteiger partial charge in [-0.3, -0.25) is 0 Å². The summed E-state index contributed by atoms with van der Waals surface area (Å²) in [5.41, 5.74) is 2.67. The van der Waals surface area contributed by atoms with Crippen LogP contribution in [0.5, 0.6) is 0 Å². The monoisotopic (exact) mass is 368 g/mol. The van der Waals surface area contributed by atoms with E-state index in [1.165, 1.54) is 96.8 Å². The van der Waals surface area contributed by atoms with Gasteiger partial charge in [0.25, 0.3) is 0 Å². The molecule has 0 aliphatic rings. The number of allylic oxidation sites excluding steroid dienone is 1. The lowest BCUT2D eigenvalue weighted by Crippen LogP contribution is -2.53. The van der Waals surface area contributed by atoms with Crippen molar-refractivity contribution in [2.45, 2.75) is 105 Å². The highest BCUT2D eigenvalue weighted by atomic mass is 28.3. The summed E-state index contributed by atoms with van der Waals surface area (Å²) in [6.07, 6.45) is 17.1. The van der Waals surface area contributed by atoms with E-state index in [1.54, 1.807) is 0 Å². The molecule has 0 atom stereocenters. The van der Waals surface area contributed by atoms with Crippen molar-refractivity contribution in [3.63, 3.8) is 0 Å². The first-order valence-corrected chi connectivity index (χ1v) is 13.1. The van der Waals surface area contributed by atoms with Crippen LogP contribution in [0.3, 0.4) is 0 Å². The molecule has 25 heavy (non-hydrogen) atoms. The van der Waals surface area contributed by atoms with Crippen molar-refractivity contribution in [3.8, 4) is 0 Å². The summed E-state index contributed by atoms with van der Waals surface area (Å²) in [7, 11) is -1.15. The third kappa shape index (κ3) is 12.8. The fourth-order valence-electron chi connectivity index (χ4n) is 3.21. The lowest BCUT2D eigenvalue weighted by Gasteiger charge is -2.37. The van der Waals surface area contributed by atoms with Gasteiger partial charge >= 0.3 is 0 Å². The molecule has 0 saturated carbocycles. The van der Waals surface area contributed by atoms with Crippen molar-refractivity contribution < 1.29 is 0 Å². The van der Waals surface area contributed by atoms with E-state index in [2.05, 4.69) is 55.5 Å². The Labute approximate surface area is 161 Å². The second-order valence-corrected chi connectivity index (χ2v) is 10.1. The zero-order chi connectivity index (χ0) is 18.8. The van der Waals surface area contributed by atoms with E-state index in [4.69, 9.17) is 0 Å². The summed E-state index contributed by atoms with van der Waals surface area (Å²) in [5, 5.41) is 0. The quantitative estimate of drug-likeness (QED) is 0.207. The SMILES string of the molecule is CCCCC=C[SiH](N(CCCC)CCCC)N(CCCC)CCCC. The Morgan fingerprint density at radius 3 is 1.24 bits per heavy atom. The molecule has 0 unspecified atom stereocenters. The fourth-order valence-corrected chi connectivity index (χ4v) is 6.38. The summed E-state index contributed by atoms with van der Waals surface area (Å²) in [4.78, 5) is 0. The van der Waals surface area contributed by atoms with Crippen molar-refractivity contribution in [2.75, 3.05) is 26.2 Å². The zero-order valence-corrected chi connectivity index (χ0v) is 19.4. The predicted octanol–water partition coefficient (Wildman–Crippen LogP) is 6.30. The Morgan fingerprint density at radius 1 is 0.560 bits per heavy atom. The predicted molar refractivity (Wildman–Crippen MR) is 119 cm³/mol. The van der Waals surface area contributed by atoms with E-state index in [0.717, 1.165) is 0 Å². The van der Waals surface area contributed by atoms with Crippen molar-refractivity contribution in [2.24, 2.45) is 0 Å². The lowest BCUT2D eigenvalue weighted by molar-refractivity contribution is 0.332. The van der Waals surface area contributed by atoms with Gasteiger partial charge in [0.05, 0.1) is 0 Å². The summed E-state index contributed by atoms with van der Waals surface area (Å²) in [6.45, 7) is 16.8. The van der Waals surface area contributed by atoms with E-state index >= 15 is 0 Å². The highest BCUT2D eigenvalue weighted by Crippen LogP contribution is 2.12. The van der Waals surface area contributed by atoms with Gasteiger partial charge in [-0.15, -0.1) is 0 Å². The Bertz CT molecular complexity index is 258. The minimum Gasteiger partial charge on any atom is -0.311 e. The minimum absolute atomic E-state index is 1.15. The van der Waals surface area contributed by atoms with E-state index in [0.29, 0.717) is 0 Å². The smallest absolute Gasteiger partial charge is 0.215 e. The van der Waals surface area contributed by atoms with Crippen LogP contribution in [0.25, 0.3) is 0 Å². The molecule has 0 saturated heterocycles. The first kappa shape index (κ1) is 24.9. The molecule has 150 valence electrons. The second-order valence-electron chi connectivity index (χ2n) is 7.47.